The third-order valence-corrected chi connectivity index (χ3v) is 3.18. The Balaban J connectivity index is 2.10. The lowest BCUT2D eigenvalue weighted by atomic mass is 9.96. The first kappa shape index (κ1) is 11.6. The summed E-state index contributed by atoms with van der Waals surface area (Å²) in [5, 5.41) is 9.51. The molecular formula is C13H20N2O. The predicted octanol–water partition coefficient (Wildman–Crippen LogP) is 1.99. The highest BCUT2D eigenvalue weighted by molar-refractivity contribution is 5.14. The van der Waals surface area contributed by atoms with Crippen molar-refractivity contribution < 1.29 is 5.11 Å². The molecule has 1 saturated heterocycles. The van der Waals surface area contributed by atoms with Gasteiger partial charge in [0.2, 0.25) is 0 Å². The molecule has 88 valence electrons. The number of aromatic nitrogens is 1. The summed E-state index contributed by atoms with van der Waals surface area (Å²) in [4.78, 5) is 6.56. The summed E-state index contributed by atoms with van der Waals surface area (Å²) in [6, 6.07) is 4.57. The van der Waals surface area contributed by atoms with Gasteiger partial charge in [0, 0.05) is 25.0 Å². The molecule has 0 aliphatic carbocycles. The highest BCUT2D eigenvalue weighted by Gasteiger charge is 2.24. The number of rotatable bonds is 3. The van der Waals surface area contributed by atoms with Crippen LogP contribution in [0.5, 0.6) is 0 Å². The Kier molecular flexibility index (Phi) is 3.91. The van der Waals surface area contributed by atoms with Gasteiger partial charge in [0.25, 0.3) is 0 Å². The van der Waals surface area contributed by atoms with E-state index in [4.69, 9.17) is 0 Å². The molecule has 1 aliphatic heterocycles. The molecule has 2 atom stereocenters. The van der Waals surface area contributed by atoms with Gasteiger partial charge in [-0.3, -0.25) is 9.88 Å². The van der Waals surface area contributed by atoms with Gasteiger partial charge >= 0.3 is 0 Å². The standard InChI is InChI=1S/C13H20N2O/c1-11(16)10-15-8-3-2-6-13(15)12-5-4-7-14-9-12/h4-5,7,9,11,13,16H,2-3,6,8,10H2,1H3/t11-,13+/m1/s1. The van der Waals surface area contributed by atoms with E-state index in [9.17, 15) is 5.11 Å². The molecule has 2 heterocycles. The zero-order valence-corrected chi connectivity index (χ0v) is 9.84. The van der Waals surface area contributed by atoms with Crippen molar-refractivity contribution >= 4 is 0 Å². The average Bonchev–Trinajstić information content (AvgIpc) is 2.30. The molecule has 0 amide bonds. The number of likely N-dealkylation sites (tertiary alicyclic amines) is 1. The molecule has 2 rings (SSSR count). The van der Waals surface area contributed by atoms with Gasteiger partial charge in [-0.15, -0.1) is 0 Å². The van der Waals surface area contributed by atoms with Crippen molar-refractivity contribution in [1.82, 2.24) is 9.88 Å². The van der Waals surface area contributed by atoms with Crippen LogP contribution in [-0.4, -0.2) is 34.2 Å². The lowest BCUT2D eigenvalue weighted by Crippen LogP contribution is -2.38. The van der Waals surface area contributed by atoms with E-state index in [1.165, 1.54) is 24.8 Å². The van der Waals surface area contributed by atoms with Crippen LogP contribution in [0.1, 0.15) is 37.8 Å². The summed E-state index contributed by atoms with van der Waals surface area (Å²) in [6.07, 6.45) is 7.20. The maximum Gasteiger partial charge on any atom is 0.0639 e. The number of β-amino-alcohol motifs (C(OH)–C–C–N with tert-alkyl or cyclic N) is 1. The molecular weight excluding hydrogens is 200 g/mol. The molecule has 0 radical (unpaired) electrons. The first-order chi connectivity index (χ1) is 7.77. The van der Waals surface area contributed by atoms with Gasteiger partial charge in [-0.25, -0.2) is 0 Å². The lowest BCUT2D eigenvalue weighted by Gasteiger charge is -2.36. The predicted molar refractivity (Wildman–Crippen MR) is 64.1 cm³/mol. The zero-order chi connectivity index (χ0) is 11.4. The zero-order valence-electron chi connectivity index (χ0n) is 9.84. The highest BCUT2D eigenvalue weighted by atomic mass is 16.3. The maximum atomic E-state index is 9.51. The Hall–Kier alpha value is -0.930. The second kappa shape index (κ2) is 5.41. The highest BCUT2D eigenvalue weighted by Crippen LogP contribution is 2.30. The van der Waals surface area contributed by atoms with E-state index in [-0.39, 0.29) is 6.10 Å². The Morgan fingerprint density at radius 1 is 1.56 bits per heavy atom. The molecule has 3 heteroatoms. The smallest absolute Gasteiger partial charge is 0.0639 e. The quantitative estimate of drug-likeness (QED) is 0.846. The van der Waals surface area contributed by atoms with Crippen molar-refractivity contribution in [2.24, 2.45) is 0 Å². The van der Waals surface area contributed by atoms with Crippen molar-refractivity contribution in [2.45, 2.75) is 38.3 Å². The molecule has 0 spiro atoms. The van der Waals surface area contributed by atoms with E-state index in [0.717, 1.165) is 13.1 Å². The number of nitrogens with zero attached hydrogens (tertiary/aromatic N) is 2. The fourth-order valence-corrected chi connectivity index (χ4v) is 2.50. The van der Waals surface area contributed by atoms with Gasteiger partial charge in [-0.2, -0.15) is 0 Å². The van der Waals surface area contributed by atoms with Crippen LogP contribution in [0.25, 0.3) is 0 Å². The minimum atomic E-state index is -0.253. The number of hydrogen-bond donors (Lipinski definition) is 1. The molecule has 1 N–H and O–H groups in total. The summed E-state index contributed by atoms with van der Waals surface area (Å²) in [6.45, 7) is 3.71. The number of aliphatic hydroxyl groups is 1. The van der Waals surface area contributed by atoms with Gasteiger partial charge in [-0.1, -0.05) is 12.5 Å². The first-order valence-electron chi connectivity index (χ1n) is 6.09. The third kappa shape index (κ3) is 2.80. The number of aliphatic hydroxyl groups excluding tert-OH is 1. The lowest BCUT2D eigenvalue weighted by molar-refractivity contribution is 0.0761. The molecule has 0 saturated carbocycles. The Morgan fingerprint density at radius 2 is 2.44 bits per heavy atom. The molecule has 3 nitrogen and oxygen atoms in total. The third-order valence-electron chi connectivity index (χ3n) is 3.18. The van der Waals surface area contributed by atoms with Crippen LogP contribution < -0.4 is 0 Å². The second-order valence-corrected chi connectivity index (χ2v) is 4.64. The van der Waals surface area contributed by atoms with E-state index in [1.54, 1.807) is 0 Å². The topological polar surface area (TPSA) is 36.4 Å². The Bertz CT molecular complexity index is 313. The van der Waals surface area contributed by atoms with E-state index >= 15 is 0 Å². The Labute approximate surface area is 97.1 Å². The summed E-state index contributed by atoms with van der Waals surface area (Å²) in [5.41, 5.74) is 1.28. The molecule has 1 fully saturated rings. The fourth-order valence-electron chi connectivity index (χ4n) is 2.50. The van der Waals surface area contributed by atoms with Crippen molar-refractivity contribution in [3.63, 3.8) is 0 Å². The average molecular weight is 220 g/mol. The van der Waals surface area contributed by atoms with E-state index < -0.39 is 0 Å². The van der Waals surface area contributed by atoms with Crippen LogP contribution in [0.2, 0.25) is 0 Å². The minimum Gasteiger partial charge on any atom is -0.392 e. The van der Waals surface area contributed by atoms with Gasteiger partial charge in [0.05, 0.1) is 6.10 Å². The van der Waals surface area contributed by atoms with E-state index in [2.05, 4.69) is 16.0 Å². The maximum absolute atomic E-state index is 9.51. The minimum absolute atomic E-state index is 0.253. The SMILES string of the molecule is C[C@@H](O)CN1CCCC[C@H]1c1cccnc1. The summed E-state index contributed by atoms with van der Waals surface area (Å²) < 4.78 is 0. The van der Waals surface area contributed by atoms with Gasteiger partial charge in [0.1, 0.15) is 0 Å². The molecule has 1 aliphatic rings. The van der Waals surface area contributed by atoms with Crippen LogP contribution in [-0.2, 0) is 0 Å². The van der Waals surface area contributed by atoms with Crippen LogP contribution >= 0.6 is 0 Å². The van der Waals surface area contributed by atoms with Crippen LogP contribution in [0.4, 0.5) is 0 Å². The van der Waals surface area contributed by atoms with Crippen LogP contribution in [0.3, 0.4) is 0 Å². The van der Waals surface area contributed by atoms with Gasteiger partial charge in [0.15, 0.2) is 0 Å². The number of hydrogen-bond acceptors (Lipinski definition) is 3. The molecule has 16 heavy (non-hydrogen) atoms. The largest absolute Gasteiger partial charge is 0.392 e. The normalized spacial score (nSPS) is 24.2. The van der Waals surface area contributed by atoms with Gasteiger partial charge in [-0.05, 0) is 37.9 Å². The van der Waals surface area contributed by atoms with Crippen molar-refractivity contribution in [3.05, 3.63) is 30.1 Å². The number of pyridine rings is 1. The van der Waals surface area contributed by atoms with Crippen LogP contribution in [0, 0.1) is 0 Å². The summed E-state index contributed by atoms with van der Waals surface area (Å²) >= 11 is 0. The van der Waals surface area contributed by atoms with Gasteiger partial charge < -0.3 is 5.11 Å². The second-order valence-electron chi connectivity index (χ2n) is 4.64. The molecule has 1 aromatic rings. The molecule has 0 aromatic carbocycles. The fraction of sp³-hybridized carbons (Fsp3) is 0.615. The van der Waals surface area contributed by atoms with E-state index in [1.807, 2.05) is 25.4 Å². The number of piperidine rings is 1. The molecule has 0 bridgehead atoms. The summed E-state index contributed by atoms with van der Waals surface area (Å²) in [5.74, 6) is 0. The molecule has 1 aromatic heterocycles. The van der Waals surface area contributed by atoms with Crippen molar-refractivity contribution in [2.75, 3.05) is 13.1 Å². The van der Waals surface area contributed by atoms with E-state index in [0.29, 0.717) is 6.04 Å². The molecule has 0 unspecified atom stereocenters. The monoisotopic (exact) mass is 220 g/mol. The Morgan fingerprint density at radius 3 is 3.12 bits per heavy atom. The van der Waals surface area contributed by atoms with Crippen molar-refractivity contribution in [1.29, 1.82) is 0 Å². The van der Waals surface area contributed by atoms with Crippen LogP contribution in [0.15, 0.2) is 24.5 Å². The summed E-state index contributed by atoms with van der Waals surface area (Å²) in [7, 11) is 0. The first-order valence-corrected chi connectivity index (χ1v) is 6.09. The van der Waals surface area contributed by atoms with Crippen molar-refractivity contribution in [3.8, 4) is 0 Å².